The number of carbonyl (C=O) groups excluding carboxylic acids is 2. The van der Waals surface area contributed by atoms with Gasteiger partial charge in [0.1, 0.15) is 11.9 Å². The van der Waals surface area contributed by atoms with Crippen LogP contribution in [0.1, 0.15) is 11.6 Å². The number of carbonyl (C=O) groups is 2. The second-order valence-corrected chi connectivity index (χ2v) is 3.48. The van der Waals surface area contributed by atoms with Crippen LogP contribution < -0.4 is 10.6 Å². The molecule has 1 atom stereocenters. The van der Waals surface area contributed by atoms with Crippen molar-refractivity contribution in [2.75, 3.05) is 0 Å². The summed E-state index contributed by atoms with van der Waals surface area (Å²) in [7, 11) is 0. The van der Waals surface area contributed by atoms with Crippen LogP contribution in [0.25, 0.3) is 0 Å². The Labute approximate surface area is 89.4 Å². The van der Waals surface area contributed by atoms with Crippen molar-refractivity contribution in [1.82, 2.24) is 10.6 Å². The monoisotopic (exact) mass is 228 g/mol. The lowest BCUT2D eigenvalue weighted by Gasteiger charge is -2.07. The lowest BCUT2D eigenvalue weighted by Crippen LogP contribution is -2.22. The fourth-order valence-electron chi connectivity index (χ4n) is 1.34. The van der Waals surface area contributed by atoms with Crippen LogP contribution in [0.3, 0.4) is 0 Å². The van der Waals surface area contributed by atoms with E-state index in [-0.39, 0.29) is 5.02 Å². The average molecular weight is 229 g/mol. The summed E-state index contributed by atoms with van der Waals surface area (Å²) < 4.78 is 13.1. The third-order valence-corrected chi connectivity index (χ3v) is 2.36. The van der Waals surface area contributed by atoms with Crippen LogP contribution in [-0.2, 0) is 4.79 Å². The summed E-state index contributed by atoms with van der Waals surface area (Å²) in [6.45, 7) is 0. The molecule has 1 aromatic rings. The highest BCUT2D eigenvalue weighted by Crippen LogP contribution is 2.21. The zero-order valence-corrected chi connectivity index (χ0v) is 8.14. The Bertz CT molecular complexity index is 450. The van der Waals surface area contributed by atoms with E-state index in [9.17, 15) is 14.0 Å². The number of amides is 3. The summed E-state index contributed by atoms with van der Waals surface area (Å²) in [5.74, 6) is -1.12. The molecule has 1 aromatic carbocycles. The first-order chi connectivity index (χ1) is 7.08. The first kappa shape index (κ1) is 9.92. The number of halogens is 2. The molecule has 78 valence electrons. The second-order valence-electron chi connectivity index (χ2n) is 3.07. The van der Waals surface area contributed by atoms with Crippen LogP contribution in [0.2, 0.25) is 5.02 Å². The van der Waals surface area contributed by atoms with Gasteiger partial charge in [-0.3, -0.25) is 10.1 Å². The minimum absolute atomic E-state index is 0.0246. The molecular weight excluding hydrogens is 223 g/mol. The summed E-state index contributed by atoms with van der Waals surface area (Å²) in [6, 6.07) is 2.52. The predicted octanol–water partition coefficient (Wildman–Crippen LogP) is 1.36. The molecule has 2 N–H and O–H groups in total. The number of hydrogen-bond donors (Lipinski definition) is 2. The van der Waals surface area contributed by atoms with Gasteiger partial charge in [-0.15, -0.1) is 0 Å². The number of imide groups is 1. The lowest BCUT2D eigenvalue weighted by molar-refractivity contribution is -0.120. The largest absolute Gasteiger partial charge is 0.322 e. The van der Waals surface area contributed by atoms with Gasteiger partial charge in [0.2, 0.25) is 0 Å². The maximum absolute atomic E-state index is 13.1. The number of benzene rings is 1. The van der Waals surface area contributed by atoms with Gasteiger partial charge in [0.05, 0.1) is 5.02 Å². The number of urea groups is 1. The molecule has 0 bridgehead atoms. The van der Waals surface area contributed by atoms with Gasteiger partial charge >= 0.3 is 6.03 Å². The van der Waals surface area contributed by atoms with Crippen LogP contribution in [0.4, 0.5) is 9.18 Å². The smallest absolute Gasteiger partial charge is 0.322 e. The van der Waals surface area contributed by atoms with Gasteiger partial charge in [-0.1, -0.05) is 17.7 Å². The van der Waals surface area contributed by atoms with E-state index in [2.05, 4.69) is 10.6 Å². The summed E-state index contributed by atoms with van der Waals surface area (Å²) in [4.78, 5) is 22.1. The minimum atomic E-state index is -0.843. The molecule has 0 aliphatic carbocycles. The summed E-state index contributed by atoms with van der Waals surface area (Å²) >= 11 is 5.49. The maximum atomic E-state index is 13.1. The van der Waals surface area contributed by atoms with E-state index in [0.29, 0.717) is 5.56 Å². The van der Waals surface area contributed by atoms with Gasteiger partial charge in [-0.05, 0) is 17.7 Å². The zero-order valence-electron chi connectivity index (χ0n) is 7.38. The molecule has 15 heavy (non-hydrogen) atoms. The summed E-state index contributed by atoms with van der Waals surface area (Å²) in [6.07, 6.45) is 0. The molecule has 1 aliphatic rings. The van der Waals surface area contributed by atoms with Gasteiger partial charge in [-0.25, -0.2) is 9.18 Å². The van der Waals surface area contributed by atoms with Gasteiger partial charge in [0.25, 0.3) is 5.91 Å². The third kappa shape index (κ3) is 1.78. The number of rotatable bonds is 1. The van der Waals surface area contributed by atoms with E-state index in [0.717, 1.165) is 6.07 Å². The van der Waals surface area contributed by atoms with E-state index < -0.39 is 23.8 Å². The van der Waals surface area contributed by atoms with Crippen LogP contribution in [0.15, 0.2) is 18.2 Å². The Morgan fingerprint density at radius 2 is 2.07 bits per heavy atom. The molecule has 1 fully saturated rings. The van der Waals surface area contributed by atoms with Crippen molar-refractivity contribution in [2.45, 2.75) is 6.04 Å². The Hall–Kier alpha value is -1.62. The van der Waals surface area contributed by atoms with E-state index in [1.54, 1.807) is 0 Å². The molecule has 1 heterocycles. The van der Waals surface area contributed by atoms with E-state index in [1.165, 1.54) is 12.1 Å². The normalized spacial score (nSPS) is 20.0. The van der Waals surface area contributed by atoms with Crippen molar-refractivity contribution >= 4 is 23.5 Å². The molecular formula is C9H6ClFN2O2. The number of hydrogen-bond acceptors (Lipinski definition) is 2. The molecule has 3 amide bonds. The molecule has 1 aliphatic heterocycles. The van der Waals surface area contributed by atoms with Crippen molar-refractivity contribution in [3.8, 4) is 0 Å². The van der Waals surface area contributed by atoms with E-state index in [1.807, 2.05) is 0 Å². The Kier molecular flexibility index (Phi) is 2.32. The van der Waals surface area contributed by atoms with Crippen molar-refractivity contribution in [1.29, 1.82) is 0 Å². The molecule has 2 rings (SSSR count). The van der Waals surface area contributed by atoms with E-state index >= 15 is 0 Å². The lowest BCUT2D eigenvalue weighted by atomic mass is 10.1. The summed E-state index contributed by atoms with van der Waals surface area (Å²) in [5.41, 5.74) is 0.361. The van der Waals surface area contributed by atoms with Crippen molar-refractivity contribution in [2.24, 2.45) is 0 Å². The highest BCUT2D eigenvalue weighted by molar-refractivity contribution is 6.30. The first-order valence-electron chi connectivity index (χ1n) is 4.14. The standard InChI is InChI=1S/C9H6ClFN2O2/c10-5-2-1-4(3-6(5)11)7-8(14)13-9(15)12-7/h1-3,7H,(H2,12,13,14,15)/t7-/m1/s1. The zero-order chi connectivity index (χ0) is 11.0. The average Bonchev–Trinajstić information content (AvgIpc) is 2.50. The molecule has 0 spiro atoms. The summed E-state index contributed by atoms with van der Waals surface area (Å²) in [5, 5.41) is 4.39. The fraction of sp³-hybridized carbons (Fsp3) is 0.111. The molecule has 4 nitrogen and oxygen atoms in total. The first-order valence-corrected chi connectivity index (χ1v) is 4.52. The third-order valence-electron chi connectivity index (χ3n) is 2.05. The molecule has 0 radical (unpaired) electrons. The highest BCUT2D eigenvalue weighted by atomic mass is 35.5. The molecule has 6 heteroatoms. The van der Waals surface area contributed by atoms with Gasteiger partial charge in [0.15, 0.2) is 0 Å². The fourth-order valence-corrected chi connectivity index (χ4v) is 1.46. The Balaban J connectivity index is 2.34. The van der Waals surface area contributed by atoms with Crippen molar-refractivity contribution < 1.29 is 14.0 Å². The SMILES string of the molecule is O=C1NC(=O)[C@@H](c2ccc(Cl)c(F)c2)N1. The molecule has 0 unspecified atom stereocenters. The molecule has 0 saturated carbocycles. The van der Waals surface area contributed by atoms with Crippen molar-refractivity contribution in [3.63, 3.8) is 0 Å². The van der Waals surface area contributed by atoms with Gasteiger partial charge in [0, 0.05) is 0 Å². The molecule has 1 saturated heterocycles. The topological polar surface area (TPSA) is 58.2 Å². The molecule has 0 aromatic heterocycles. The van der Waals surface area contributed by atoms with Gasteiger partial charge in [-0.2, -0.15) is 0 Å². The van der Waals surface area contributed by atoms with Crippen molar-refractivity contribution in [3.05, 3.63) is 34.6 Å². The Morgan fingerprint density at radius 3 is 2.60 bits per heavy atom. The van der Waals surface area contributed by atoms with E-state index in [4.69, 9.17) is 11.6 Å². The van der Waals surface area contributed by atoms with Crippen LogP contribution >= 0.6 is 11.6 Å². The minimum Gasteiger partial charge on any atom is -0.322 e. The second kappa shape index (κ2) is 3.51. The quantitative estimate of drug-likeness (QED) is 0.713. The predicted molar refractivity (Wildman–Crippen MR) is 50.8 cm³/mol. The van der Waals surface area contributed by atoms with Gasteiger partial charge < -0.3 is 5.32 Å². The van der Waals surface area contributed by atoms with Crippen LogP contribution in [0, 0.1) is 5.82 Å². The highest BCUT2D eigenvalue weighted by Gasteiger charge is 2.31. The Morgan fingerprint density at radius 1 is 1.33 bits per heavy atom. The number of nitrogens with one attached hydrogen (secondary N) is 2. The maximum Gasteiger partial charge on any atom is 0.322 e. The van der Waals surface area contributed by atoms with Crippen LogP contribution in [-0.4, -0.2) is 11.9 Å². The van der Waals surface area contributed by atoms with Crippen LogP contribution in [0.5, 0.6) is 0 Å².